The summed E-state index contributed by atoms with van der Waals surface area (Å²) in [5, 5.41) is 0. The van der Waals surface area contributed by atoms with E-state index in [2.05, 4.69) is 31.9 Å². The van der Waals surface area contributed by atoms with Gasteiger partial charge in [0.2, 0.25) is 0 Å². The molecule has 0 radical (unpaired) electrons. The quantitative estimate of drug-likeness (QED) is 0.741. The van der Waals surface area contributed by atoms with Gasteiger partial charge in [-0.1, -0.05) is 28.1 Å². The lowest BCUT2D eigenvalue weighted by molar-refractivity contribution is 0.216. The van der Waals surface area contributed by atoms with Crippen molar-refractivity contribution in [3.63, 3.8) is 0 Å². The monoisotopic (exact) mass is 399 g/mol. The number of hydrogen-bond donors (Lipinski definition) is 1. The number of hydrogen-bond acceptors (Lipinski definition) is 3. The highest BCUT2D eigenvalue weighted by atomic mass is 79.9. The number of rotatable bonds is 6. The largest absolute Gasteiger partial charge is 0.490 e. The summed E-state index contributed by atoms with van der Waals surface area (Å²) in [7, 11) is 0. The SMILES string of the molecule is NCc1ccc(OCCOc2cccc(Br)c2)c(Br)c1. The maximum Gasteiger partial charge on any atom is 0.133 e. The topological polar surface area (TPSA) is 44.5 Å². The number of nitrogens with two attached hydrogens (primary N) is 1. The molecule has 5 heteroatoms. The first-order chi connectivity index (χ1) is 9.69. The molecular formula is C15H15Br2NO2. The molecule has 20 heavy (non-hydrogen) atoms. The highest BCUT2D eigenvalue weighted by molar-refractivity contribution is 9.10. The van der Waals surface area contributed by atoms with Crippen molar-refractivity contribution in [3.05, 3.63) is 57.0 Å². The molecule has 0 aliphatic rings. The lowest BCUT2D eigenvalue weighted by Gasteiger charge is -2.10. The first-order valence-electron chi connectivity index (χ1n) is 6.18. The fourth-order valence-electron chi connectivity index (χ4n) is 1.66. The molecule has 0 saturated heterocycles. The zero-order valence-electron chi connectivity index (χ0n) is 10.8. The van der Waals surface area contributed by atoms with Gasteiger partial charge in [0.05, 0.1) is 4.47 Å². The summed E-state index contributed by atoms with van der Waals surface area (Å²) in [5.41, 5.74) is 6.65. The van der Waals surface area contributed by atoms with Crippen LogP contribution in [-0.2, 0) is 6.54 Å². The molecular weight excluding hydrogens is 386 g/mol. The summed E-state index contributed by atoms with van der Waals surface area (Å²) in [6.07, 6.45) is 0. The van der Waals surface area contributed by atoms with Crippen LogP contribution in [0.15, 0.2) is 51.4 Å². The van der Waals surface area contributed by atoms with Crippen molar-refractivity contribution in [2.45, 2.75) is 6.54 Å². The van der Waals surface area contributed by atoms with Crippen LogP contribution < -0.4 is 15.2 Å². The zero-order valence-corrected chi connectivity index (χ0v) is 14.0. The first kappa shape index (κ1) is 15.4. The molecule has 0 aliphatic heterocycles. The molecule has 0 aliphatic carbocycles. The molecule has 2 rings (SSSR count). The van der Waals surface area contributed by atoms with Crippen molar-refractivity contribution in [2.75, 3.05) is 13.2 Å². The van der Waals surface area contributed by atoms with Gasteiger partial charge >= 0.3 is 0 Å². The summed E-state index contributed by atoms with van der Waals surface area (Å²) in [6, 6.07) is 13.6. The van der Waals surface area contributed by atoms with Crippen molar-refractivity contribution in [1.82, 2.24) is 0 Å². The van der Waals surface area contributed by atoms with Crippen LogP contribution in [0.3, 0.4) is 0 Å². The highest BCUT2D eigenvalue weighted by Gasteiger charge is 2.02. The van der Waals surface area contributed by atoms with Crippen LogP contribution in [0.5, 0.6) is 11.5 Å². The van der Waals surface area contributed by atoms with E-state index in [0.717, 1.165) is 26.0 Å². The van der Waals surface area contributed by atoms with Crippen LogP contribution in [0, 0.1) is 0 Å². The third kappa shape index (κ3) is 4.51. The Morgan fingerprint density at radius 1 is 0.950 bits per heavy atom. The predicted molar refractivity (Wildman–Crippen MR) is 87.2 cm³/mol. The molecule has 2 N–H and O–H groups in total. The van der Waals surface area contributed by atoms with E-state index in [1.807, 2.05) is 42.5 Å². The second-order valence-electron chi connectivity index (χ2n) is 4.12. The first-order valence-corrected chi connectivity index (χ1v) is 7.77. The van der Waals surface area contributed by atoms with Gasteiger partial charge in [0.25, 0.3) is 0 Å². The second-order valence-corrected chi connectivity index (χ2v) is 5.89. The smallest absolute Gasteiger partial charge is 0.133 e. The van der Waals surface area contributed by atoms with E-state index in [1.54, 1.807) is 0 Å². The van der Waals surface area contributed by atoms with Crippen LogP contribution in [0.25, 0.3) is 0 Å². The minimum absolute atomic E-state index is 0.479. The van der Waals surface area contributed by atoms with E-state index in [0.29, 0.717) is 19.8 Å². The van der Waals surface area contributed by atoms with Gasteiger partial charge in [-0.2, -0.15) is 0 Å². The van der Waals surface area contributed by atoms with Crippen molar-refractivity contribution in [1.29, 1.82) is 0 Å². The fourth-order valence-corrected chi connectivity index (χ4v) is 2.58. The zero-order chi connectivity index (χ0) is 14.4. The van der Waals surface area contributed by atoms with Crippen LogP contribution in [0.2, 0.25) is 0 Å². The predicted octanol–water partition coefficient (Wildman–Crippen LogP) is 4.13. The van der Waals surface area contributed by atoms with Crippen molar-refractivity contribution in [2.24, 2.45) is 5.73 Å². The van der Waals surface area contributed by atoms with Gasteiger partial charge in [0.15, 0.2) is 0 Å². The summed E-state index contributed by atoms with van der Waals surface area (Å²) in [5.74, 6) is 1.61. The van der Waals surface area contributed by atoms with Crippen LogP contribution in [-0.4, -0.2) is 13.2 Å². The lowest BCUT2D eigenvalue weighted by Crippen LogP contribution is -2.09. The van der Waals surface area contributed by atoms with Gasteiger partial charge in [-0.15, -0.1) is 0 Å². The third-order valence-electron chi connectivity index (χ3n) is 2.64. The van der Waals surface area contributed by atoms with Crippen molar-refractivity contribution >= 4 is 31.9 Å². The Balaban J connectivity index is 1.81. The summed E-state index contributed by atoms with van der Waals surface area (Å²) >= 11 is 6.87. The fraction of sp³-hybridized carbons (Fsp3) is 0.200. The molecule has 0 aromatic heterocycles. The van der Waals surface area contributed by atoms with Gasteiger partial charge in [0.1, 0.15) is 24.7 Å². The molecule has 106 valence electrons. The molecule has 0 heterocycles. The lowest BCUT2D eigenvalue weighted by atomic mass is 10.2. The minimum Gasteiger partial charge on any atom is -0.490 e. The van der Waals surface area contributed by atoms with E-state index in [1.165, 1.54) is 0 Å². The van der Waals surface area contributed by atoms with Gasteiger partial charge < -0.3 is 15.2 Å². The number of halogens is 2. The standard InChI is InChI=1S/C15H15Br2NO2/c16-12-2-1-3-13(9-12)19-6-7-20-15-5-4-11(10-18)8-14(15)17/h1-5,8-9H,6-7,10,18H2. The summed E-state index contributed by atoms with van der Waals surface area (Å²) in [4.78, 5) is 0. The van der Waals surface area contributed by atoms with E-state index in [-0.39, 0.29) is 0 Å². The Hall–Kier alpha value is -1.04. The minimum atomic E-state index is 0.479. The molecule has 0 atom stereocenters. The van der Waals surface area contributed by atoms with Gasteiger partial charge in [-0.05, 0) is 51.8 Å². The molecule has 0 unspecified atom stereocenters. The van der Waals surface area contributed by atoms with Gasteiger partial charge in [-0.25, -0.2) is 0 Å². The molecule has 0 amide bonds. The summed E-state index contributed by atoms with van der Waals surface area (Å²) < 4.78 is 13.2. The van der Waals surface area contributed by atoms with Gasteiger partial charge in [0, 0.05) is 11.0 Å². The normalized spacial score (nSPS) is 10.3. The van der Waals surface area contributed by atoms with E-state index in [9.17, 15) is 0 Å². The van der Waals surface area contributed by atoms with E-state index >= 15 is 0 Å². The number of benzene rings is 2. The Kier molecular flexibility index (Phi) is 5.88. The third-order valence-corrected chi connectivity index (χ3v) is 3.75. The van der Waals surface area contributed by atoms with Crippen LogP contribution in [0.1, 0.15) is 5.56 Å². The highest BCUT2D eigenvalue weighted by Crippen LogP contribution is 2.26. The molecule has 3 nitrogen and oxygen atoms in total. The van der Waals surface area contributed by atoms with Crippen LogP contribution in [0.4, 0.5) is 0 Å². The Labute approximate surface area is 135 Å². The average Bonchev–Trinajstić information content (AvgIpc) is 2.45. The molecule has 2 aromatic rings. The maximum atomic E-state index is 5.66. The second kappa shape index (κ2) is 7.67. The average molecular weight is 401 g/mol. The van der Waals surface area contributed by atoms with Crippen LogP contribution >= 0.6 is 31.9 Å². The number of ether oxygens (including phenoxy) is 2. The Bertz CT molecular complexity index is 576. The van der Waals surface area contributed by atoms with E-state index in [4.69, 9.17) is 15.2 Å². The summed E-state index contributed by atoms with van der Waals surface area (Å²) in [6.45, 7) is 1.49. The Morgan fingerprint density at radius 3 is 2.45 bits per heavy atom. The van der Waals surface area contributed by atoms with E-state index < -0.39 is 0 Å². The molecule has 0 saturated carbocycles. The van der Waals surface area contributed by atoms with Crippen molar-refractivity contribution < 1.29 is 9.47 Å². The van der Waals surface area contributed by atoms with Crippen molar-refractivity contribution in [3.8, 4) is 11.5 Å². The Morgan fingerprint density at radius 2 is 1.75 bits per heavy atom. The molecule has 0 bridgehead atoms. The van der Waals surface area contributed by atoms with Gasteiger partial charge in [-0.3, -0.25) is 0 Å². The molecule has 0 fully saturated rings. The molecule has 0 spiro atoms. The molecule has 2 aromatic carbocycles. The maximum absolute atomic E-state index is 5.66.